The van der Waals surface area contributed by atoms with Crippen LogP contribution in [0.15, 0.2) is 93.5 Å². The number of benzene rings is 3. The number of halogens is 1. The number of para-hydroxylation sites is 2. The summed E-state index contributed by atoms with van der Waals surface area (Å²) in [6.45, 7) is 2.12. The zero-order chi connectivity index (χ0) is 25.1. The van der Waals surface area contributed by atoms with Crippen molar-refractivity contribution < 1.29 is 14.3 Å². The summed E-state index contributed by atoms with van der Waals surface area (Å²) in [6.07, 6.45) is 0. The van der Waals surface area contributed by atoms with Crippen molar-refractivity contribution in [1.82, 2.24) is 15.6 Å². The van der Waals surface area contributed by atoms with Gasteiger partial charge < -0.3 is 20.2 Å². The molecular weight excluding hydrogens is 478 g/mol. The van der Waals surface area contributed by atoms with Crippen molar-refractivity contribution in [3.05, 3.63) is 106 Å². The summed E-state index contributed by atoms with van der Waals surface area (Å²) in [5, 5.41) is 19.0. The third-order valence-corrected chi connectivity index (χ3v) is 6.21. The first-order chi connectivity index (χ1) is 17.5. The average molecular weight is 502 g/mol. The van der Waals surface area contributed by atoms with Crippen molar-refractivity contribution in [2.75, 3.05) is 5.32 Å². The molecule has 1 aliphatic rings. The molecule has 1 aromatic heterocycles. The number of nitrogens with one attached hydrogen (secondary N) is 3. The number of carbonyl (C=O) groups is 1. The number of rotatable bonds is 6. The van der Waals surface area contributed by atoms with Gasteiger partial charge in [-0.3, -0.25) is 10.1 Å². The zero-order valence-electron chi connectivity index (χ0n) is 19.5. The topological polar surface area (TPSA) is 112 Å². The molecule has 4 aromatic rings. The Morgan fingerprint density at radius 1 is 1.06 bits per heavy atom. The molecule has 182 valence electrons. The van der Waals surface area contributed by atoms with E-state index in [2.05, 4.69) is 20.9 Å². The number of anilines is 1. The minimum absolute atomic E-state index is 0.0260. The number of amides is 1. The highest BCUT2D eigenvalue weighted by Gasteiger charge is 2.31. The van der Waals surface area contributed by atoms with Crippen molar-refractivity contribution in [3.8, 4) is 0 Å². The maximum absolute atomic E-state index is 13.4. The number of aromatic nitrogens is 1. The van der Waals surface area contributed by atoms with E-state index in [1.54, 1.807) is 6.07 Å². The molecule has 0 fully saturated rings. The fourth-order valence-electron chi connectivity index (χ4n) is 4.02. The molecule has 0 saturated carbocycles. The van der Waals surface area contributed by atoms with E-state index in [9.17, 15) is 9.90 Å². The van der Waals surface area contributed by atoms with Crippen LogP contribution in [-0.4, -0.2) is 22.0 Å². The monoisotopic (exact) mass is 501 g/mol. The van der Waals surface area contributed by atoms with Gasteiger partial charge in [0.25, 0.3) is 5.91 Å². The van der Waals surface area contributed by atoms with Gasteiger partial charge in [0.15, 0.2) is 5.58 Å². The van der Waals surface area contributed by atoms with Crippen LogP contribution in [0.4, 0.5) is 6.01 Å². The molecule has 4 N–H and O–H groups in total. The molecule has 8 nitrogen and oxygen atoms in total. The lowest BCUT2D eigenvalue weighted by Gasteiger charge is -2.27. The highest BCUT2D eigenvalue weighted by molar-refractivity contribution is 6.31. The Morgan fingerprint density at radius 3 is 2.53 bits per heavy atom. The van der Waals surface area contributed by atoms with Gasteiger partial charge in [-0.2, -0.15) is 4.98 Å². The predicted molar refractivity (Wildman–Crippen MR) is 139 cm³/mol. The van der Waals surface area contributed by atoms with Gasteiger partial charge in [-0.05, 0) is 36.2 Å². The first kappa shape index (κ1) is 23.6. The molecule has 3 aromatic carbocycles. The van der Waals surface area contributed by atoms with Crippen LogP contribution < -0.4 is 16.0 Å². The quantitative estimate of drug-likeness (QED) is 0.305. The number of hydrogen-bond donors (Lipinski definition) is 4. The van der Waals surface area contributed by atoms with Crippen LogP contribution >= 0.6 is 11.6 Å². The van der Waals surface area contributed by atoms with Crippen molar-refractivity contribution in [3.63, 3.8) is 0 Å². The minimum Gasteiger partial charge on any atom is -0.423 e. The molecule has 0 aliphatic carbocycles. The number of hydrogen-bond acceptors (Lipinski definition) is 7. The first-order valence-electron chi connectivity index (χ1n) is 11.4. The summed E-state index contributed by atoms with van der Waals surface area (Å²) in [6, 6.07) is 21.8. The second-order valence-electron chi connectivity index (χ2n) is 8.33. The van der Waals surface area contributed by atoms with Crippen molar-refractivity contribution >= 4 is 40.6 Å². The second kappa shape index (κ2) is 10.2. The number of aliphatic hydroxyl groups is 1. The maximum atomic E-state index is 13.4. The predicted octanol–water partition coefficient (Wildman–Crippen LogP) is 4.68. The van der Waals surface area contributed by atoms with E-state index in [-0.39, 0.29) is 18.5 Å². The molecule has 1 amide bonds. The van der Waals surface area contributed by atoms with E-state index >= 15 is 0 Å². The number of carbonyl (C=O) groups excluding carboxylic acids is 1. The van der Waals surface area contributed by atoms with Crippen LogP contribution in [0.3, 0.4) is 0 Å². The third-order valence-electron chi connectivity index (χ3n) is 5.86. The van der Waals surface area contributed by atoms with E-state index in [1.165, 1.54) is 0 Å². The lowest BCUT2D eigenvalue weighted by Crippen LogP contribution is -2.39. The van der Waals surface area contributed by atoms with E-state index in [0.29, 0.717) is 39.9 Å². The van der Waals surface area contributed by atoms with Gasteiger partial charge in [0.05, 0.1) is 12.2 Å². The van der Waals surface area contributed by atoms with Gasteiger partial charge in [-0.15, -0.1) is 0 Å². The first-order valence-corrected chi connectivity index (χ1v) is 11.8. The van der Waals surface area contributed by atoms with Gasteiger partial charge in [-0.1, -0.05) is 66.2 Å². The molecule has 2 heterocycles. The summed E-state index contributed by atoms with van der Waals surface area (Å²) in [5.41, 5.74) is 4.89. The fourth-order valence-corrected chi connectivity index (χ4v) is 4.26. The maximum Gasteiger partial charge on any atom is 0.302 e. The molecule has 1 unspecified atom stereocenters. The highest BCUT2D eigenvalue weighted by atomic mass is 35.5. The fraction of sp³-hybridized carbons (Fsp3) is 0.148. The molecule has 0 spiro atoms. The Kier molecular flexibility index (Phi) is 6.71. The average Bonchev–Trinajstić information content (AvgIpc) is 3.30. The van der Waals surface area contributed by atoms with Gasteiger partial charge in [0.2, 0.25) is 5.96 Å². The SMILES string of the molecule is CC1=C(C(=O)NCc2ccc(CO)cc2)C(c2ccccc2Cl)N=C(Nc2nc3ccccc3o2)N1. The normalized spacial score (nSPS) is 15.4. The van der Waals surface area contributed by atoms with Crippen LogP contribution in [0, 0.1) is 0 Å². The van der Waals surface area contributed by atoms with Crippen molar-refractivity contribution in [2.24, 2.45) is 4.99 Å². The number of guanidine groups is 1. The van der Waals surface area contributed by atoms with Gasteiger partial charge >= 0.3 is 6.01 Å². The molecular formula is C27H24ClN5O3. The Hall–Kier alpha value is -4.14. The molecule has 36 heavy (non-hydrogen) atoms. The van der Waals surface area contributed by atoms with Crippen LogP contribution in [0.5, 0.6) is 0 Å². The molecule has 0 saturated heterocycles. The number of aliphatic hydroxyl groups excluding tert-OH is 1. The van der Waals surface area contributed by atoms with Crippen LogP contribution in [0.25, 0.3) is 11.1 Å². The van der Waals surface area contributed by atoms with Crippen molar-refractivity contribution in [1.29, 1.82) is 0 Å². The molecule has 1 aliphatic heterocycles. The molecule has 0 radical (unpaired) electrons. The Bertz CT molecular complexity index is 1440. The van der Waals surface area contributed by atoms with Gasteiger partial charge in [-0.25, -0.2) is 4.99 Å². The summed E-state index contributed by atoms with van der Waals surface area (Å²) in [5.74, 6) is 0.126. The van der Waals surface area contributed by atoms with E-state index in [1.807, 2.05) is 73.7 Å². The van der Waals surface area contributed by atoms with Gasteiger partial charge in [0.1, 0.15) is 11.6 Å². The Labute approximate surface area is 212 Å². The summed E-state index contributed by atoms with van der Waals surface area (Å²) >= 11 is 6.52. The van der Waals surface area contributed by atoms with Crippen LogP contribution in [0.2, 0.25) is 5.02 Å². The number of allylic oxidation sites excluding steroid dienone is 1. The van der Waals surface area contributed by atoms with E-state index in [4.69, 9.17) is 21.0 Å². The largest absolute Gasteiger partial charge is 0.423 e. The van der Waals surface area contributed by atoms with Crippen molar-refractivity contribution in [2.45, 2.75) is 26.1 Å². The molecule has 1 atom stereocenters. The zero-order valence-corrected chi connectivity index (χ0v) is 20.2. The van der Waals surface area contributed by atoms with Crippen LogP contribution in [-0.2, 0) is 17.9 Å². The molecule has 9 heteroatoms. The standard InChI is InChI=1S/C27H24ClN5O3/c1-16-23(25(35)29-14-17-10-12-18(15-34)13-11-17)24(19-6-2-3-7-20(19)28)32-26(30-16)33-27-31-21-8-4-5-9-22(21)36-27/h2-13,24,34H,14-15H2,1H3,(H,29,35)(H2,30,31,32,33). The molecule has 0 bridgehead atoms. The lowest BCUT2D eigenvalue weighted by atomic mass is 9.95. The van der Waals surface area contributed by atoms with Gasteiger partial charge in [0, 0.05) is 22.8 Å². The third kappa shape index (κ3) is 4.95. The number of aliphatic imine (C=N–C) groups is 1. The highest BCUT2D eigenvalue weighted by Crippen LogP contribution is 2.35. The summed E-state index contributed by atoms with van der Waals surface area (Å²) in [7, 11) is 0. The van der Waals surface area contributed by atoms with E-state index < -0.39 is 6.04 Å². The molecule has 5 rings (SSSR count). The van der Waals surface area contributed by atoms with Crippen LogP contribution in [0.1, 0.15) is 29.7 Å². The van der Waals surface area contributed by atoms with E-state index in [0.717, 1.165) is 16.6 Å². The summed E-state index contributed by atoms with van der Waals surface area (Å²) < 4.78 is 5.77. The second-order valence-corrected chi connectivity index (χ2v) is 8.74. The smallest absolute Gasteiger partial charge is 0.302 e. The lowest BCUT2D eigenvalue weighted by molar-refractivity contribution is -0.118. The number of oxazole rings is 1. The summed E-state index contributed by atoms with van der Waals surface area (Å²) in [4.78, 5) is 22.6. The minimum atomic E-state index is -0.649. The Balaban J connectivity index is 1.41. The number of fused-ring (bicyclic) bond motifs is 1. The number of nitrogens with zero attached hydrogens (tertiary/aromatic N) is 2. The Morgan fingerprint density at radius 2 is 1.78 bits per heavy atom.